The van der Waals surface area contributed by atoms with E-state index in [1.165, 1.54) is 4.90 Å². The standard InChI is InChI=1S/C17H13IN2OS/c1-11-4-2-5-12(8-11)9-15-16(21)20(17(22)19-15)14-7-3-6-13(18)10-14/h2-10H,1H3,(H,19,22)/b15-9-. The molecule has 1 heterocycles. The van der Waals surface area contributed by atoms with E-state index >= 15 is 0 Å². The number of anilines is 1. The molecule has 1 saturated heterocycles. The van der Waals surface area contributed by atoms with Crippen LogP contribution in [-0.2, 0) is 4.79 Å². The molecule has 1 aliphatic heterocycles. The maximum absolute atomic E-state index is 12.6. The van der Waals surface area contributed by atoms with Gasteiger partial charge in [-0.05, 0) is 71.6 Å². The molecular formula is C17H13IN2OS. The zero-order chi connectivity index (χ0) is 15.7. The SMILES string of the molecule is Cc1cccc(/C=C2\NC(=S)N(c3cccc(I)c3)C2=O)c1. The highest BCUT2D eigenvalue weighted by Crippen LogP contribution is 2.24. The van der Waals surface area contributed by atoms with E-state index < -0.39 is 0 Å². The smallest absolute Gasteiger partial charge is 0.281 e. The Morgan fingerprint density at radius 3 is 2.68 bits per heavy atom. The van der Waals surface area contributed by atoms with Gasteiger partial charge in [0.25, 0.3) is 5.91 Å². The van der Waals surface area contributed by atoms with Gasteiger partial charge in [-0.1, -0.05) is 35.9 Å². The lowest BCUT2D eigenvalue weighted by Gasteiger charge is -2.14. The van der Waals surface area contributed by atoms with Gasteiger partial charge in [-0.3, -0.25) is 9.69 Å². The molecule has 1 aliphatic rings. The molecule has 1 amide bonds. The van der Waals surface area contributed by atoms with E-state index in [4.69, 9.17) is 12.2 Å². The molecule has 0 atom stereocenters. The summed E-state index contributed by atoms with van der Waals surface area (Å²) in [5.74, 6) is -0.131. The molecule has 5 heteroatoms. The summed E-state index contributed by atoms with van der Waals surface area (Å²) in [7, 11) is 0. The minimum atomic E-state index is -0.131. The molecule has 3 rings (SSSR count). The second-order valence-corrected chi connectivity index (χ2v) is 6.66. The summed E-state index contributed by atoms with van der Waals surface area (Å²) >= 11 is 7.53. The predicted molar refractivity (Wildman–Crippen MR) is 102 cm³/mol. The second kappa shape index (κ2) is 6.18. The van der Waals surface area contributed by atoms with Crippen LogP contribution in [-0.4, -0.2) is 11.0 Å². The highest BCUT2D eigenvalue weighted by atomic mass is 127. The molecule has 3 nitrogen and oxygen atoms in total. The highest BCUT2D eigenvalue weighted by Gasteiger charge is 2.31. The van der Waals surface area contributed by atoms with Crippen LogP contribution in [0.15, 0.2) is 54.2 Å². The van der Waals surface area contributed by atoms with E-state index in [0.717, 1.165) is 20.4 Å². The van der Waals surface area contributed by atoms with Crippen molar-refractivity contribution in [1.29, 1.82) is 0 Å². The van der Waals surface area contributed by atoms with Crippen LogP contribution in [0.5, 0.6) is 0 Å². The minimum Gasteiger partial charge on any atom is -0.327 e. The number of carbonyl (C=O) groups excluding carboxylic acids is 1. The molecule has 0 aliphatic carbocycles. The molecule has 1 fully saturated rings. The quantitative estimate of drug-likeness (QED) is 0.455. The number of carbonyl (C=O) groups is 1. The number of nitrogens with one attached hydrogen (secondary N) is 1. The molecule has 1 N–H and O–H groups in total. The van der Waals surface area contributed by atoms with E-state index in [9.17, 15) is 4.79 Å². The predicted octanol–water partition coefficient (Wildman–Crippen LogP) is 3.86. The fourth-order valence-electron chi connectivity index (χ4n) is 2.31. The summed E-state index contributed by atoms with van der Waals surface area (Å²) in [6.07, 6.45) is 1.83. The zero-order valence-electron chi connectivity index (χ0n) is 11.8. The lowest BCUT2D eigenvalue weighted by atomic mass is 10.1. The Hall–Kier alpha value is -1.73. The van der Waals surface area contributed by atoms with Crippen LogP contribution in [0.2, 0.25) is 0 Å². The molecule has 110 valence electrons. The monoisotopic (exact) mass is 420 g/mol. The van der Waals surface area contributed by atoms with E-state index in [2.05, 4.69) is 27.9 Å². The van der Waals surface area contributed by atoms with E-state index in [1.54, 1.807) is 0 Å². The first-order chi connectivity index (χ1) is 10.5. The van der Waals surface area contributed by atoms with Gasteiger partial charge in [0.15, 0.2) is 5.11 Å². The maximum Gasteiger partial charge on any atom is 0.281 e. The molecule has 2 aromatic rings. The number of aryl methyl sites for hydroxylation is 1. The highest BCUT2D eigenvalue weighted by molar-refractivity contribution is 14.1. The van der Waals surface area contributed by atoms with Crippen molar-refractivity contribution in [3.8, 4) is 0 Å². The third-order valence-electron chi connectivity index (χ3n) is 3.30. The van der Waals surface area contributed by atoms with Gasteiger partial charge in [-0.15, -0.1) is 0 Å². The zero-order valence-corrected chi connectivity index (χ0v) is 14.8. The molecule has 0 radical (unpaired) electrons. The number of hydrogen-bond acceptors (Lipinski definition) is 2. The summed E-state index contributed by atoms with van der Waals surface area (Å²) in [6, 6.07) is 15.7. The van der Waals surface area contributed by atoms with Crippen LogP contribution < -0.4 is 10.2 Å². The Kier molecular flexibility index (Phi) is 4.26. The first-order valence-corrected chi connectivity index (χ1v) is 8.23. The van der Waals surface area contributed by atoms with Gasteiger partial charge in [0.1, 0.15) is 5.70 Å². The number of rotatable bonds is 2. The number of hydrogen-bond donors (Lipinski definition) is 1. The van der Waals surface area contributed by atoms with E-state index in [0.29, 0.717) is 10.8 Å². The van der Waals surface area contributed by atoms with Crippen LogP contribution in [0, 0.1) is 10.5 Å². The lowest BCUT2D eigenvalue weighted by molar-refractivity contribution is -0.113. The van der Waals surface area contributed by atoms with Crippen LogP contribution in [0.1, 0.15) is 11.1 Å². The van der Waals surface area contributed by atoms with Crippen molar-refractivity contribution in [3.05, 3.63) is 68.9 Å². The van der Waals surface area contributed by atoms with Gasteiger partial charge in [-0.25, -0.2) is 0 Å². The van der Waals surface area contributed by atoms with Gasteiger partial charge in [-0.2, -0.15) is 0 Å². The van der Waals surface area contributed by atoms with Crippen molar-refractivity contribution in [2.75, 3.05) is 4.90 Å². The fraction of sp³-hybridized carbons (Fsp3) is 0.0588. The maximum atomic E-state index is 12.6. The third kappa shape index (κ3) is 3.05. The molecule has 0 unspecified atom stereocenters. The first-order valence-electron chi connectivity index (χ1n) is 6.74. The van der Waals surface area contributed by atoms with Gasteiger partial charge >= 0.3 is 0 Å². The van der Waals surface area contributed by atoms with Crippen molar-refractivity contribution >= 4 is 57.6 Å². The van der Waals surface area contributed by atoms with Gasteiger partial charge < -0.3 is 5.32 Å². The average Bonchev–Trinajstić information content (AvgIpc) is 2.73. The van der Waals surface area contributed by atoms with Crippen molar-refractivity contribution in [2.24, 2.45) is 0 Å². The number of benzene rings is 2. The Morgan fingerprint density at radius 2 is 1.95 bits per heavy atom. The van der Waals surface area contributed by atoms with Crippen LogP contribution in [0.25, 0.3) is 6.08 Å². The second-order valence-electron chi connectivity index (χ2n) is 5.02. The Bertz CT molecular complexity index is 801. The molecule has 0 aromatic heterocycles. The van der Waals surface area contributed by atoms with E-state index in [1.807, 2.05) is 61.5 Å². The molecular weight excluding hydrogens is 407 g/mol. The number of nitrogens with zero attached hydrogens (tertiary/aromatic N) is 1. The lowest BCUT2D eigenvalue weighted by Crippen LogP contribution is -2.30. The Labute approximate surface area is 148 Å². The molecule has 0 saturated carbocycles. The van der Waals surface area contributed by atoms with Crippen molar-refractivity contribution < 1.29 is 4.79 Å². The van der Waals surface area contributed by atoms with Crippen molar-refractivity contribution in [2.45, 2.75) is 6.92 Å². The summed E-state index contributed by atoms with van der Waals surface area (Å²) < 4.78 is 1.06. The topological polar surface area (TPSA) is 32.3 Å². The molecule has 22 heavy (non-hydrogen) atoms. The molecule has 0 spiro atoms. The summed E-state index contributed by atoms with van der Waals surface area (Å²) in [6.45, 7) is 2.02. The molecule has 2 aromatic carbocycles. The van der Waals surface area contributed by atoms with Crippen LogP contribution in [0.4, 0.5) is 5.69 Å². The van der Waals surface area contributed by atoms with Gasteiger partial charge in [0.2, 0.25) is 0 Å². The molecule has 0 bridgehead atoms. The largest absolute Gasteiger partial charge is 0.327 e. The normalized spacial score (nSPS) is 16.3. The van der Waals surface area contributed by atoms with Gasteiger partial charge in [0, 0.05) is 3.57 Å². The number of amides is 1. The van der Waals surface area contributed by atoms with Crippen molar-refractivity contribution in [3.63, 3.8) is 0 Å². The Morgan fingerprint density at radius 1 is 1.18 bits per heavy atom. The Balaban J connectivity index is 1.95. The third-order valence-corrected chi connectivity index (χ3v) is 4.25. The number of thiocarbonyl (C=S) groups is 1. The number of halogens is 1. The summed E-state index contributed by atoms with van der Waals surface area (Å²) in [4.78, 5) is 14.1. The first kappa shape index (κ1) is 15.2. The fourth-order valence-corrected chi connectivity index (χ4v) is 3.14. The van der Waals surface area contributed by atoms with Crippen molar-refractivity contribution in [1.82, 2.24) is 5.32 Å². The van der Waals surface area contributed by atoms with Crippen LogP contribution >= 0.6 is 34.8 Å². The summed E-state index contributed by atoms with van der Waals surface area (Å²) in [5.41, 5.74) is 3.40. The van der Waals surface area contributed by atoms with Crippen LogP contribution in [0.3, 0.4) is 0 Å². The summed E-state index contributed by atoms with van der Waals surface area (Å²) in [5, 5.41) is 3.41. The van der Waals surface area contributed by atoms with E-state index in [-0.39, 0.29) is 5.91 Å². The van der Waals surface area contributed by atoms with Gasteiger partial charge in [0.05, 0.1) is 5.69 Å². The minimum absolute atomic E-state index is 0.131. The average molecular weight is 420 g/mol.